The minimum atomic E-state index is 0.649. The summed E-state index contributed by atoms with van der Waals surface area (Å²) in [5.41, 5.74) is 4.59. The van der Waals surface area contributed by atoms with Crippen LogP contribution in [0.5, 0.6) is 0 Å². The molecule has 0 atom stereocenters. The second-order valence-corrected chi connectivity index (χ2v) is 5.02. The highest BCUT2D eigenvalue weighted by atomic mass is 79.9. The third-order valence-electron chi connectivity index (χ3n) is 2.61. The molecule has 3 nitrogen and oxygen atoms in total. The third-order valence-corrected chi connectivity index (χ3v) is 3.96. The molecule has 0 radical (unpaired) electrons. The maximum atomic E-state index is 6.05. The number of nitrogens with two attached hydrogens (primary N) is 1. The first kappa shape index (κ1) is 12.6. The Hall–Kier alpha value is -0.840. The van der Waals surface area contributed by atoms with Gasteiger partial charge in [0.05, 0.1) is 15.0 Å². The van der Waals surface area contributed by atoms with Gasteiger partial charge in [-0.1, -0.05) is 31.0 Å². The van der Waals surface area contributed by atoms with Crippen LogP contribution >= 0.6 is 27.5 Å². The van der Waals surface area contributed by atoms with Gasteiger partial charge in [0.2, 0.25) is 0 Å². The van der Waals surface area contributed by atoms with Gasteiger partial charge >= 0.3 is 0 Å². The minimum absolute atomic E-state index is 0.649. The van der Waals surface area contributed by atoms with Gasteiger partial charge < -0.3 is 5.43 Å². The van der Waals surface area contributed by atoms with E-state index in [1.54, 1.807) is 0 Å². The van der Waals surface area contributed by atoms with E-state index in [-0.39, 0.29) is 0 Å². The highest BCUT2D eigenvalue weighted by molar-refractivity contribution is 9.10. The minimum Gasteiger partial charge on any atom is -0.308 e. The van der Waals surface area contributed by atoms with Crippen molar-refractivity contribution in [1.82, 2.24) is 4.98 Å². The molecule has 0 spiro atoms. The van der Waals surface area contributed by atoms with Crippen molar-refractivity contribution in [3.05, 3.63) is 33.3 Å². The first-order valence-corrected chi connectivity index (χ1v) is 6.58. The van der Waals surface area contributed by atoms with E-state index in [9.17, 15) is 0 Å². The van der Waals surface area contributed by atoms with Gasteiger partial charge in [-0.05, 0) is 40.0 Å². The molecule has 1 aromatic carbocycles. The normalized spacial score (nSPS) is 10.8. The number of fused-ring (bicyclic) bond motifs is 1. The van der Waals surface area contributed by atoms with Crippen LogP contribution in [0.25, 0.3) is 10.9 Å². The fourth-order valence-electron chi connectivity index (χ4n) is 1.81. The van der Waals surface area contributed by atoms with Crippen LogP contribution in [0.15, 0.2) is 22.7 Å². The summed E-state index contributed by atoms with van der Waals surface area (Å²) in [6, 6.07) is 5.93. The average molecular weight is 315 g/mol. The number of hydrogen-bond acceptors (Lipinski definition) is 3. The molecular weight excluding hydrogens is 302 g/mol. The van der Waals surface area contributed by atoms with E-state index in [2.05, 4.69) is 39.3 Å². The van der Waals surface area contributed by atoms with E-state index < -0.39 is 0 Å². The maximum Gasteiger partial charge on any atom is 0.143 e. The number of nitrogens with zero attached hydrogens (tertiary/aromatic N) is 1. The van der Waals surface area contributed by atoms with Gasteiger partial charge in [-0.3, -0.25) is 0 Å². The van der Waals surface area contributed by atoms with Gasteiger partial charge in [0.25, 0.3) is 0 Å². The van der Waals surface area contributed by atoms with Crippen LogP contribution in [-0.4, -0.2) is 4.98 Å². The topological polar surface area (TPSA) is 50.9 Å². The second-order valence-electron chi connectivity index (χ2n) is 3.82. The Morgan fingerprint density at radius 2 is 2.24 bits per heavy atom. The number of pyridine rings is 1. The fraction of sp³-hybridized carbons (Fsp3) is 0.250. The van der Waals surface area contributed by atoms with Crippen LogP contribution in [0.4, 0.5) is 5.82 Å². The van der Waals surface area contributed by atoms with E-state index in [1.165, 1.54) is 0 Å². The van der Waals surface area contributed by atoms with Crippen LogP contribution in [0.2, 0.25) is 5.02 Å². The predicted molar refractivity (Wildman–Crippen MR) is 76.3 cm³/mol. The Labute approximate surface area is 113 Å². The smallest absolute Gasteiger partial charge is 0.143 e. The van der Waals surface area contributed by atoms with Crippen molar-refractivity contribution < 1.29 is 0 Å². The van der Waals surface area contributed by atoms with Crippen molar-refractivity contribution in [3.63, 3.8) is 0 Å². The lowest BCUT2D eigenvalue weighted by Gasteiger charge is -2.10. The summed E-state index contributed by atoms with van der Waals surface area (Å²) in [7, 11) is 0. The molecule has 0 aliphatic carbocycles. The largest absolute Gasteiger partial charge is 0.308 e. The van der Waals surface area contributed by atoms with Crippen LogP contribution in [0, 0.1) is 0 Å². The summed E-state index contributed by atoms with van der Waals surface area (Å²) in [5, 5.41) is 1.71. The molecule has 0 fully saturated rings. The Balaban J connectivity index is 2.69. The molecular formula is C12H13BrClN3. The molecule has 0 saturated heterocycles. The number of nitrogens with one attached hydrogen (secondary N) is 1. The number of nitrogen functional groups attached to an aromatic ring is 1. The van der Waals surface area contributed by atoms with Gasteiger partial charge in [-0.25, -0.2) is 10.8 Å². The molecule has 1 heterocycles. The van der Waals surface area contributed by atoms with Gasteiger partial charge in [-0.2, -0.15) is 0 Å². The van der Waals surface area contributed by atoms with Crippen LogP contribution in [-0.2, 0) is 6.42 Å². The number of anilines is 1. The molecule has 0 aliphatic heterocycles. The summed E-state index contributed by atoms with van der Waals surface area (Å²) in [5.74, 6) is 6.21. The van der Waals surface area contributed by atoms with Crippen molar-refractivity contribution in [2.24, 2.45) is 5.84 Å². The van der Waals surface area contributed by atoms with E-state index >= 15 is 0 Å². The zero-order chi connectivity index (χ0) is 12.4. The average Bonchev–Trinajstić information content (AvgIpc) is 2.34. The Morgan fingerprint density at radius 1 is 1.47 bits per heavy atom. The zero-order valence-corrected chi connectivity index (χ0v) is 11.8. The quantitative estimate of drug-likeness (QED) is 0.667. The Kier molecular flexibility index (Phi) is 3.86. The summed E-state index contributed by atoms with van der Waals surface area (Å²) in [6.45, 7) is 2.13. The molecule has 0 aliphatic rings. The van der Waals surface area contributed by atoms with Crippen molar-refractivity contribution in [3.8, 4) is 0 Å². The van der Waals surface area contributed by atoms with Crippen molar-refractivity contribution in [2.45, 2.75) is 19.8 Å². The van der Waals surface area contributed by atoms with Crippen molar-refractivity contribution in [1.29, 1.82) is 0 Å². The molecule has 0 bridgehead atoms. The van der Waals surface area contributed by atoms with Crippen LogP contribution in [0.1, 0.15) is 18.9 Å². The summed E-state index contributed by atoms with van der Waals surface area (Å²) in [4.78, 5) is 4.51. The Morgan fingerprint density at radius 3 is 2.88 bits per heavy atom. The van der Waals surface area contributed by atoms with Gasteiger partial charge in [0, 0.05) is 5.39 Å². The first-order valence-electron chi connectivity index (χ1n) is 5.41. The maximum absolute atomic E-state index is 6.05. The van der Waals surface area contributed by atoms with Crippen LogP contribution in [0.3, 0.4) is 0 Å². The standard InChI is InChI=1S/C12H13BrClN3/c1-2-3-8-6-7-4-5-9(14)10(13)11(7)16-12(8)17-15/h4-6H,2-3,15H2,1H3,(H,16,17). The van der Waals surface area contributed by atoms with E-state index in [4.69, 9.17) is 17.4 Å². The highest BCUT2D eigenvalue weighted by Crippen LogP contribution is 2.32. The number of aromatic nitrogens is 1. The molecule has 0 amide bonds. The molecule has 2 rings (SSSR count). The SMILES string of the molecule is CCCc1cc2ccc(Cl)c(Br)c2nc1NN. The predicted octanol–water partition coefficient (Wildman–Crippen LogP) is 3.89. The first-order chi connectivity index (χ1) is 8.17. The monoisotopic (exact) mass is 313 g/mol. The molecule has 1 aromatic heterocycles. The van der Waals surface area contributed by atoms with Gasteiger partial charge in [-0.15, -0.1) is 0 Å². The van der Waals surface area contributed by atoms with E-state index in [0.29, 0.717) is 10.8 Å². The summed E-state index contributed by atoms with van der Waals surface area (Å²) in [6.07, 6.45) is 2.00. The molecule has 5 heteroatoms. The number of halogens is 2. The lowest BCUT2D eigenvalue weighted by molar-refractivity contribution is 0.917. The van der Waals surface area contributed by atoms with Crippen LogP contribution < -0.4 is 11.3 Å². The lowest BCUT2D eigenvalue weighted by atomic mass is 10.1. The van der Waals surface area contributed by atoms with Crippen molar-refractivity contribution in [2.75, 3.05) is 5.43 Å². The van der Waals surface area contributed by atoms with E-state index in [1.807, 2.05) is 12.1 Å². The molecule has 3 N–H and O–H groups in total. The number of benzene rings is 1. The van der Waals surface area contributed by atoms with Gasteiger partial charge in [0.1, 0.15) is 5.82 Å². The third kappa shape index (κ3) is 2.39. The van der Waals surface area contributed by atoms with Crippen molar-refractivity contribution >= 4 is 44.3 Å². The number of hydrazine groups is 1. The van der Waals surface area contributed by atoms with Gasteiger partial charge in [0.15, 0.2) is 0 Å². The molecule has 90 valence electrons. The number of hydrogen-bond donors (Lipinski definition) is 2. The lowest BCUT2D eigenvalue weighted by Crippen LogP contribution is -2.11. The zero-order valence-electron chi connectivity index (χ0n) is 9.43. The molecule has 2 aromatic rings. The molecule has 0 unspecified atom stereocenters. The molecule has 17 heavy (non-hydrogen) atoms. The number of aryl methyl sites for hydroxylation is 1. The van der Waals surface area contributed by atoms with E-state index in [0.717, 1.165) is 33.8 Å². The summed E-state index contributed by atoms with van der Waals surface area (Å²) >= 11 is 9.49. The summed E-state index contributed by atoms with van der Waals surface area (Å²) < 4.78 is 0.802. The number of rotatable bonds is 3. The fourth-order valence-corrected chi connectivity index (χ4v) is 2.41. The highest BCUT2D eigenvalue weighted by Gasteiger charge is 2.09. The molecule has 0 saturated carbocycles. The second kappa shape index (κ2) is 5.21. The Bertz CT molecular complexity index is 557.